The van der Waals surface area contributed by atoms with E-state index in [1.807, 2.05) is 0 Å². The summed E-state index contributed by atoms with van der Waals surface area (Å²) in [4.78, 5) is 0. The summed E-state index contributed by atoms with van der Waals surface area (Å²) in [7, 11) is 0. The van der Waals surface area contributed by atoms with Gasteiger partial charge in [-0.15, -0.1) is 0 Å². The number of rotatable bonds is 3. The Labute approximate surface area is 96.2 Å². The maximum absolute atomic E-state index is 9.72. The molecule has 0 bridgehead atoms. The molecule has 0 aromatic heterocycles. The quantitative estimate of drug-likeness (QED) is 0.794. The van der Waals surface area contributed by atoms with Crippen LogP contribution in [0.15, 0.2) is 16.6 Å². The molecule has 1 rings (SSSR count). The fourth-order valence-corrected chi connectivity index (χ4v) is 1.70. The molecule has 5 heteroatoms. The fraction of sp³-hybridized carbons (Fsp3) is 0.333. The second-order valence-electron chi connectivity index (χ2n) is 2.98. The SMILES string of the molecule is NCC[C@@H](N)c1ccc(Cl)c(Br)c1O. The first kappa shape index (κ1) is 11.8. The van der Waals surface area contributed by atoms with Gasteiger partial charge in [-0.05, 0) is 35.0 Å². The normalized spacial score (nSPS) is 12.9. The van der Waals surface area contributed by atoms with Crippen LogP contribution in [0, 0.1) is 0 Å². The number of nitrogens with two attached hydrogens (primary N) is 2. The van der Waals surface area contributed by atoms with E-state index in [1.54, 1.807) is 12.1 Å². The molecule has 1 aromatic carbocycles. The highest BCUT2D eigenvalue weighted by Gasteiger charge is 2.14. The van der Waals surface area contributed by atoms with Gasteiger partial charge in [-0.3, -0.25) is 0 Å². The molecule has 1 atom stereocenters. The Kier molecular flexibility index (Phi) is 4.19. The van der Waals surface area contributed by atoms with Crippen LogP contribution in [0.4, 0.5) is 0 Å². The van der Waals surface area contributed by atoms with Crippen LogP contribution < -0.4 is 11.5 Å². The van der Waals surface area contributed by atoms with E-state index >= 15 is 0 Å². The average molecular weight is 280 g/mol. The Balaban J connectivity index is 3.04. The highest BCUT2D eigenvalue weighted by molar-refractivity contribution is 9.10. The fourth-order valence-electron chi connectivity index (χ4n) is 1.19. The van der Waals surface area contributed by atoms with E-state index < -0.39 is 0 Å². The maximum Gasteiger partial charge on any atom is 0.136 e. The van der Waals surface area contributed by atoms with Crippen molar-refractivity contribution in [2.75, 3.05) is 6.54 Å². The Morgan fingerprint density at radius 1 is 1.50 bits per heavy atom. The molecular formula is C9H12BrClN2O. The minimum absolute atomic E-state index is 0.0958. The zero-order valence-electron chi connectivity index (χ0n) is 7.50. The van der Waals surface area contributed by atoms with Gasteiger partial charge in [0.05, 0.1) is 9.50 Å². The molecule has 0 fully saturated rings. The summed E-state index contributed by atoms with van der Waals surface area (Å²) in [5.74, 6) is 0.0958. The third-order valence-corrected chi connectivity index (χ3v) is 3.32. The smallest absolute Gasteiger partial charge is 0.136 e. The van der Waals surface area contributed by atoms with Crippen molar-refractivity contribution in [2.24, 2.45) is 11.5 Å². The minimum atomic E-state index is -0.256. The zero-order chi connectivity index (χ0) is 10.7. The van der Waals surface area contributed by atoms with Crippen LogP contribution in [0.3, 0.4) is 0 Å². The Morgan fingerprint density at radius 2 is 2.14 bits per heavy atom. The third-order valence-electron chi connectivity index (χ3n) is 1.98. The minimum Gasteiger partial charge on any atom is -0.506 e. The van der Waals surface area contributed by atoms with Crippen molar-refractivity contribution in [3.63, 3.8) is 0 Å². The summed E-state index contributed by atoms with van der Waals surface area (Å²) in [6.45, 7) is 0.487. The molecule has 0 spiro atoms. The summed E-state index contributed by atoms with van der Waals surface area (Å²) in [6.07, 6.45) is 0.627. The molecule has 78 valence electrons. The number of aromatic hydroxyl groups is 1. The van der Waals surface area contributed by atoms with Crippen molar-refractivity contribution in [3.05, 3.63) is 27.2 Å². The molecule has 5 N–H and O–H groups in total. The number of phenols is 1. The highest BCUT2D eigenvalue weighted by atomic mass is 79.9. The van der Waals surface area contributed by atoms with E-state index in [0.29, 0.717) is 28.0 Å². The highest BCUT2D eigenvalue weighted by Crippen LogP contribution is 2.37. The van der Waals surface area contributed by atoms with Crippen molar-refractivity contribution >= 4 is 27.5 Å². The monoisotopic (exact) mass is 278 g/mol. The van der Waals surface area contributed by atoms with Crippen molar-refractivity contribution in [1.82, 2.24) is 0 Å². The molecule has 0 aliphatic carbocycles. The summed E-state index contributed by atoms with van der Waals surface area (Å²) in [6, 6.07) is 3.15. The van der Waals surface area contributed by atoms with Crippen molar-refractivity contribution in [3.8, 4) is 5.75 Å². The van der Waals surface area contributed by atoms with Crippen molar-refractivity contribution in [1.29, 1.82) is 0 Å². The second-order valence-corrected chi connectivity index (χ2v) is 4.18. The molecule has 0 aliphatic heterocycles. The first-order valence-electron chi connectivity index (χ1n) is 4.20. The molecule has 14 heavy (non-hydrogen) atoms. The molecule has 0 saturated heterocycles. The van der Waals surface area contributed by atoms with E-state index in [1.165, 1.54) is 0 Å². The number of phenolic OH excluding ortho intramolecular Hbond substituents is 1. The van der Waals surface area contributed by atoms with Crippen LogP contribution in [0.2, 0.25) is 5.02 Å². The van der Waals surface area contributed by atoms with E-state index in [9.17, 15) is 5.11 Å². The van der Waals surface area contributed by atoms with Crippen LogP contribution in [0.25, 0.3) is 0 Å². The Hall–Kier alpha value is -0.290. The number of benzene rings is 1. The van der Waals surface area contributed by atoms with Crippen molar-refractivity contribution in [2.45, 2.75) is 12.5 Å². The Bertz CT molecular complexity index is 333. The molecule has 3 nitrogen and oxygen atoms in total. The van der Waals surface area contributed by atoms with Crippen LogP contribution in [-0.4, -0.2) is 11.7 Å². The maximum atomic E-state index is 9.72. The first-order valence-corrected chi connectivity index (χ1v) is 5.37. The van der Waals surface area contributed by atoms with Gasteiger partial charge in [-0.1, -0.05) is 17.7 Å². The zero-order valence-corrected chi connectivity index (χ0v) is 9.85. The summed E-state index contributed by atoms with van der Waals surface area (Å²) >= 11 is 8.98. The topological polar surface area (TPSA) is 72.3 Å². The summed E-state index contributed by atoms with van der Waals surface area (Å²) in [5, 5.41) is 10.2. The van der Waals surface area contributed by atoms with Crippen LogP contribution in [0.5, 0.6) is 5.75 Å². The van der Waals surface area contributed by atoms with Crippen molar-refractivity contribution < 1.29 is 5.11 Å². The van der Waals surface area contributed by atoms with Gasteiger partial charge < -0.3 is 16.6 Å². The van der Waals surface area contributed by atoms with Gasteiger partial charge in [-0.2, -0.15) is 0 Å². The third kappa shape index (κ3) is 2.39. The lowest BCUT2D eigenvalue weighted by Gasteiger charge is -2.13. The van der Waals surface area contributed by atoms with Gasteiger partial charge in [0, 0.05) is 11.6 Å². The molecule has 0 aliphatic rings. The number of halogens is 2. The van der Waals surface area contributed by atoms with Gasteiger partial charge in [0.25, 0.3) is 0 Å². The van der Waals surface area contributed by atoms with Crippen LogP contribution >= 0.6 is 27.5 Å². The molecule has 1 aromatic rings. The lowest BCUT2D eigenvalue weighted by Crippen LogP contribution is -2.15. The molecular weight excluding hydrogens is 267 g/mol. The lowest BCUT2D eigenvalue weighted by molar-refractivity contribution is 0.456. The van der Waals surface area contributed by atoms with E-state index in [0.717, 1.165) is 0 Å². The lowest BCUT2D eigenvalue weighted by atomic mass is 10.0. The first-order chi connectivity index (χ1) is 6.57. The molecule has 0 radical (unpaired) electrons. The molecule has 0 amide bonds. The van der Waals surface area contributed by atoms with Gasteiger partial charge in [0.1, 0.15) is 5.75 Å². The number of hydrogen-bond donors (Lipinski definition) is 3. The molecule has 0 heterocycles. The van der Waals surface area contributed by atoms with Gasteiger partial charge in [-0.25, -0.2) is 0 Å². The second kappa shape index (κ2) is 4.98. The summed E-state index contributed by atoms with van der Waals surface area (Å²) < 4.78 is 0.476. The summed E-state index contributed by atoms with van der Waals surface area (Å²) in [5.41, 5.74) is 11.9. The van der Waals surface area contributed by atoms with E-state index in [-0.39, 0.29) is 11.8 Å². The van der Waals surface area contributed by atoms with Gasteiger partial charge in [0.15, 0.2) is 0 Å². The van der Waals surface area contributed by atoms with Crippen LogP contribution in [0.1, 0.15) is 18.0 Å². The Morgan fingerprint density at radius 3 is 2.71 bits per heavy atom. The standard InChI is InChI=1S/C9H12BrClN2O/c10-8-6(11)2-1-5(9(8)14)7(13)3-4-12/h1-2,7,14H,3-4,12-13H2/t7-/m1/s1. The van der Waals surface area contributed by atoms with E-state index in [2.05, 4.69) is 15.9 Å². The predicted octanol–water partition coefficient (Wildman–Crippen LogP) is 2.16. The predicted molar refractivity (Wildman–Crippen MR) is 61.4 cm³/mol. The number of hydrogen-bond acceptors (Lipinski definition) is 3. The molecule has 0 saturated carbocycles. The van der Waals surface area contributed by atoms with E-state index in [4.69, 9.17) is 23.1 Å². The average Bonchev–Trinajstić information content (AvgIpc) is 2.15. The van der Waals surface area contributed by atoms with Gasteiger partial charge >= 0.3 is 0 Å². The molecule has 0 unspecified atom stereocenters. The van der Waals surface area contributed by atoms with Crippen LogP contribution in [-0.2, 0) is 0 Å². The van der Waals surface area contributed by atoms with Gasteiger partial charge in [0.2, 0.25) is 0 Å². The largest absolute Gasteiger partial charge is 0.506 e.